The van der Waals surface area contributed by atoms with Crippen LogP contribution in [0.3, 0.4) is 0 Å². The van der Waals surface area contributed by atoms with E-state index in [-0.39, 0.29) is 132 Å². The summed E-state index contributed by atoms with van der Waals surface area (Å²) in [6.07, 6.45) is 23.9. The van der Waals surface area contributed by atoms with E-state index in [9.17, 15) is 4.11 Å². The van der Waals surface area contributed by atoms with Crippen LogP contribution in [0.25, 0.3) is 166 Å². The Labute approximate surface area is 947 Å². The molecule has 25 rings (SSSR count). The van der Waals surface area contributed by atoms with Gasteiger partial charge in [0.2, 0.25) is 0 Å². The number of nitrogens with zero attached hydrogens (tertiary/aromatic N) is 6. The molecule has 0 amide bonds. The van der Waals surface area contributed by atoms with Gasteiger partial charge >= 0.3 is 0 Å². The van der Waals surface area contributed by atoms with Gasteiger partial charge in [0.05, 0.1) is 16.7 Å². The second-order valence-electron chi connectivity index (χ2n) is 42.1. The SMILES string of the molecule is [2H]C([2H])([2H])c1c[c-]c(-c2cc(C([2H])([2H])[2H])c(C([2H])([2H])[2H])cn2)cc1.[2H]C([2H])([2H])c1c[c-]c(-c2ccc(C([2H])([2H])[2H])cn2)cc1.[2H]C([2H])([2H])c1ccc(-c2[c-]cccc2)nc1.[2H]C([2H])([2H])c1cnc(-c2[c-]ccc3c2oc2c4ccccc4ccc32)cc1C1([2H])CC(C)(C)CC(C)(C)C1.[2H]C([2H])([2H])c1cnc(-c2[c-]ccc3c2oc2c4ccccc4ccc32)cc1C1([2H])CC(C)(C)CC(C)(C)C1.[2H]C1(c2ccnc(-c3[c-]ccc4c3oc3c5ccccc5ccc43)c2)CCC2(CCCCC2)CC1.[Ir].[Ir].[Ir]. The van der Waals surface area contributed by atoms with E-state index in [0.717, 1.165) is 142 Å². The molecular formula is C135H130Ir3N6O3-6. The third-order valence-electron chi connectivity index (χ3n) is 28.6. The molecular weight excluding hydrogens is 2330 g/mol. The molecule has 4 aliphatic rings. The molecule has 3 radical (unpaired) electrons. The molecule has 1 spiro atoms. The molecule has 12 heteroatoms. The molecule has 12 aromatic carbocycles. The van der Waals surface area contributed by atoms with Gasteiger partial charge in [0, 0.05) is 167 Å². The first-order valence-corrected chi connectivity index (χ1v) is 49.4. The first kappa shape index (κ1) is 76.2. The van der Waals surface area contributed by atoms with E-state index in [0.29, 0.717) is 92.7 Å². The van der Waals surface area contributed by atoms with Crippen LogP contribution in [0.1, 0.15) is 268 Å². The van der Waals surface area contributed by atoms with Crippen molar-refractivity contribution in [3.63, 3.8) is 0 Å². The maximum Gasteiger partial charge on any atom is 0.128 e. The zero-order valence-electron chi connectivity index (χ0n) is 110. The van der Waals surface area contributed by atoms with Gasteiger partial charge in [-0.1, -0.05) is 290 Å². The summed E-state index contributed by atoms with van der Waals surface area (Å²) in [6.45, 7) is -1.18. The summed E-state index contributed by atoms with van der Waals surface area (Å²) in [4.78, 5) is 26.2. The number of benzene rings is 12. The predicted molar refractivity (Wildman–Crippen MR) is 598 cm³/mol. The van der Waals surface area contributed by atoms with E-state index < -0.39 is 72.5 Å². The summed E-state index contributed by atoms with van der Waals surface area (Å²) < 4.78 is 230. The second-order valence-corrected chi connectivity index (χ2v) is 42.1. The van der Waals surface area contributed by atoms with Crippen LogP contribution in [0.2, 0.25) is 0 Å². The van der Waals surface area contributed by atoms with Crippen molar-refractivity contribution in [2.75, 3.05) is 0 Å². The smallest absolute Gasteiger partial charge is 0.128 e. The molecule has 0 N–H and O–H groups in total. The molecule has 9 heterocycles. The van der Waals surface area contributed by atoms with Crippen LogP contribution in [-0.4, -0.2) is 29.9 Å². The van der Waals surface area contributed by atoms with Gasteiger partial charge < -0.3 is 43.2 Å². The van der Waals surface area contributed by atoms with Crippen molar-refractivity contribution in [3.05, 3.63) is 396 Å². The van der Waals surface area contributed by atoms with Crippen molar-refractivity contribution in [2.24, 2.45) is 27.1 Å². The third-order valence-corrected chi connectivity index (χ3v) is 28.6. The number of rotatable bonds is 9. The number of pyridine rings is 6. The largest absolute Gasteiger partial charge is 0.500 e. The standard InChI is InChI=1S/C32H30NO.2C32H32NO.C14H14N.C13H12N.C12H10N.3Ir/c1-4-16-32(17-5-1)18-13-22(14-19-32)24-15-20-33-29(21-24)28-10-6-9-26-27-12-11-23-7-2-3-8-25(23)30(27)34-31(26)28;2*1-20-18-33-28(15-27(20)22-16-31(2,3)19-32(4,5)17-22)26-12-8-11-24-25-14-13-21-9-6-7-10-23(21)29(25)34-30(24)26;1-10-4-6-13(7-5-10)14-8-11(2)12(3)9-15-14;1-10-3-6-12(7-4-10)13-8-5-11(2)9-14-13;1-10-7-8-12(13-9-10)11-5-3-2-4-6-11;;;/h2-3,6-9,11-12,15,20-22H,1,4-5,13-14,16-19H2;2*6-11,13-15,18,22H,16-17,19H2,1-5H3;4-6,8-9H,1-3H3;3-6,8-9H,1-2H3;2-5,7-9H,1H3;;;/q6*-1;;;/i22D;2*1D3,22D;1D3,2D3,3D3;1D3,2D3;1D3;;;. The molecule has 0 unspecified atom stereocenters. The van der Waals surface area contributed by atoms with E-state index in [4.69, 9.17) is 51.1 Å². The molecule has 751 valence electrons. The Kier molecular flexibility index (Phi) is 23.3. The first-order chi connectivity index (χ1) is 80.2. The van der Waals surface area contributed by atoms with E-state index in [1.165, 1.54) is 118 Å². The minimum absolute atomic E-state index is 0. The Morgan fingerprint density at radius 3 is 1.08 bits per heavy atom. The van der Waals surface area contributed by atoms with Gasteiger partial charge in [-0.05, 0) is 258 Å². The Balaban J connectivity index is 0.000000141. The molecule has 0 bridgehead atoms. The van der Waals surface area contributed by atoms with Gasteiger partial charge in [-0.2, -0.15) is 0 Å². The molecule has 4 saturated carbocycles. The fourth-order valence-electron chi connectivity index (χ4n) is 22.8. The quantitative estimate of drug-likeness (QED) is 0.130. The molecule has 0 saturated heterocycles. The monoisotopic (exact) mass is 2490 g/mol. The Morgan fingerprint density at radius 2 is 0.680 bits per heavy atom. The van der Waals surface area contributed by atoms with Gasteiger partial charge in [0.1, 0.15) is 16.7 Å². The minimum Gasteiger partial charge on any atom is -0.500 e. The molecule has 4 fully saturated rings. The second kappa shape index (κ2) is 45.0. The van der Waals surface area contributed by atoms with Crippen LogP contribution >= 0.6 is 0 Å². The average molecular weight is 2490 g/mol. The van der Waals surface area contributed by atoms with E-state index in [1.54, 1.807) is 30.3 Å². The summed E-state index contributed by atoms with van der Waals surface area (Å²) in [5.41, 5.74) is 15.0. The first-order valence-electron chi connectivity index (χ1n) is 62.9. The maximum absolute atomic E-state index is 9.68. The summed E-state index contributed by atoms with van der Waals surface area (Å²) in [7, 11) is 0. The van der Waals surface area contributed by atoms with Crippen molar-refractivity contribution in [2.45, 2.75) is 224 Å². The summed E-state index contributed by atoms with van der Waals surface area (Å²) in [6, 6.07) is 99.2. The van der Waals surface area contributed by atoms with Gasteiger partial charge in [-0.3, -0.25) is 0 Å². The fraction of sp³-hybridized carbons (Fsp3) is 0.289. The molecule has 21 aromatic rings. The molecule has 147 heavy (non-hydrogen) atoms. The van der Waals surface area contributed by atoms with Gasteiger partial charge in [0.25, 0.3) is 0 Å². The van der Waals surface area contributed by atoms with Crippen molar-refractivity contribution >= 4 is 98.1 Å². The average Bonchev–Trinajstić information content (AvgIpc) is 1.63. The zero-order valence-corrected chi connectivity index (χ0v) is 90.5. The minimum atomic E-state index is -2.61. The molecule has 4 aliphatic carbocycles. The van der Waals surface area contributed by atoms with Gasteiger partial charge in [-0.15, -0.1) is 161 Å². The normalized spacial score (nSPS) is 19.7. The van der Waals surface area contributed by atoms with Crippen molar-refractivity contribution in [1.29, 1.82) is 0 Å². The number of aromatic nitrogens is 6. The number of hydrogen-bond donors (Lipinski definition) is 0. The molecule has 0 atom stereocenters. The zero-order chi connectivity index (χ0) is 123. The van der Waals surface area contributed by atoms with E-state index in [1.807, 2.05) is 91.1 Å². The predicted octanol–water partition coefficient (Wildman–Crippen LogP) is 37.2. The Hall–Kier alpha value is -12.3. The molecule has 9 aromatic heterocycles. The van der Waals surface area contributed by atoms with Gasteiger partial charge in [-0.25, -0.2) is 0 Å². The van der Waals surface area contributed by atoms with Crippen molar-refractivity contribution in [3.8, 4) is 67.5 Å². The number of fused-ring (bicyclic) bond motifs is 15. The topological polar surface area (TPSA) is 117 Å². The maximum atomic E-state index is 9.68. The summed E-state index contributed by atoms with van der Waals surface area (Å²) in [5, 5.41) is 12.7. The summed E-state index contributed by atoms with van der Waals surface area (Å²) in [5.74, 6) is -2.63. The van der Waals surface area contributed by atoms with Crippen LogP contribution in [0.15, 0.2) is 311 Å². The summed E-state index contributed by atoms with van der Waals surface area (Å²) >= 11 is 0. The van der Waals surface area contributed by atoms with Crippen LogP contribution in [-0.2, 0) is 60.3 Å². The van der Waals surface area contributed by atoms with Crippen LogP contribution in [0.5, 0.6) is 0 Å². The van der Waals surface area contributed by atoms with Crippen LogP contribution in [0.4, 0.5) is 0 Å². The number of furan rings is 3. The third kappa shape index (κ3) is 23.7. The van der Waals surface area contributed by atoms with E-state index >= 15 is 0 Å². The Morgan fingerprint density at radius 1 is 0.293 bits per heavy atom. The Bertz CT molecular complexity index is 9100. The van der Waals surface area contributed by atoms with Crippen LogP contribution in [0, 0.1) is 118 Å². The van der Waals surface area contributed by atoms with E-state index in [2.05, 4.69) is 220 Å². The molecule has 0 aliphatic heterocycles. The van der Waals surface area contributed by atoms with Gasteiger partial charge in [0.15, 0.2) is 0 Å². The van der Waals surface area contributed by atoms with Crippen LogP contribution < -0.4 is 0 Å². The fourth-order valence-corrected chi connectivity index (χ4v) is 22.8. The molecule has 9 nitrogen and oxygen atoms in total. The van der Waals surface area contributed by atoms with Crippen molar-refractivity contribution < 1.29 is 111 Å². The number of hydrogen-bond acceptors (Lipinski definition) is 9. The number of aryl methyl sites for hydroxylation is 8. The van der Waals surface area contributed by atoms with Crippen molar-refractivity contribution in [1.82, 2.24) is 29.9 Å².